The summed E-state index contributed by atoms with van der Waals surface area (Å²) in [6, 6.07) is 0. The first kappa shape index (κ1) is 3.16. The second-order valence-electron chi connectivity index (χ2n) is 0.937. The quantitative estimate of drug-likeness (QED) is 0.418. The van der Waals surface area contributed by atoms with E-state index in [1.54, 1.807) is 7.05 Å². The van der Waals surface area contributed by atoms with Crippen LogP contribution in [0.4, 0.5) is 0 Å². The van der Waals surface area contributed by atoms with Crippen LogP contribution >= 0.6 is 0 Å². The minimum atomic E-state index is 1.46. The van der Waals surface area contributed by atoms with Crippen LogP contribution in [0.1, 0.15) is 0 Å². The molecular weight excluding hydrogens is 78.1 g/mol. The van der Waals surface area contributed by atoms with E-state index in [1.807, 2.05) is 0 Å². The zero-order chi connectivity index (χ0) is 4.41. The van der Waals surface area contributed by atoms with Crippen LogP contribution in [0.25, 0.3) is 0 Å². The summed E-state index contributed by atoms with van der Waals surface area (Å²) in [5.74, 6) is 0. The fourth-order valence-corrected chi connectivity index (χ4v) is 0.207. The van der Waals surface area contributed by atoms with Crippen molar-refractivity contribution in [3.63, 3.8) is 0 Å². The summed E-state index contributed by atoms with van der Waals surface area (Å²) >= 11 is 0. The van der Waals surface area contributed by atoms with E-state index in [9.17, 15) is 0 Å². The molecule has 0 saturated carbocycles. The first-order valence-electron chi connectivity index (χ1n) is 1.54. The number of hydrogen-bond acceptors (Lipinski definition) is 2. The second-order valence-corrected chi connectivity index (χ2v) is 0.937. The predicted octanol–water partition coefficient (Wildman–Crippen LogP) is -0.585. The van der Waals surface area contributed by atoms with E-state index in [2.05, 4.69) is 22.7 Å². The first-order chi connectivity index (χ1) is 2.89. The Bertz CT molecular complexity index is 110. The van der Waals surface area contributed by atoms with E-state index >= 15 is 0 Å². The van der Waals surface area contributed by atoms with Crippen LogP contribution in [0.2, 0.25) is 0 Å². The zero-order valence-electron chi connectivity index (χ0n) is 3.34. The Morgan fingerprint density at radius 1 is 1.67 bits per heavy atom. The van der Waals surface area contributed by atoms with Gasteiger partial charge in [-0.15, -0.1) is 0 Å². The van der Waals surface area contributed by atoms with Crippen molar-refractivity contribution in [2.45, 2.75) is 0 Å². The molecule has 0 amide bonds. The Morgan fingerprint density at radius 3 is 2.67 bits per heavy atom. The highest BCUT2D eigenvalue weighted by molar-refractivity contribution is 4.36. The van der Waals surface area contributed by atoms with Gasteiger partial charge in [-0.25, -0.2) is 4.68 Å². The Hall–Kier alpha value is -1.04. The van der Waals surface area contributed by atoms with E-state index in [0.717, 1.165) is 0 Å². The van der Waals surface area contributed by atoms with Gasteiger partial charge in [0.05, 0.1) is 12.4 Å². The van der Waals surface area contributed by atoms with E-state index < -0.39 is 0 Å². The fourth-order valence-electron chi connectivity index (χ4n) is 0.207. The highest BCUT2D eigenvalue weighted by atomic mass is 15.4. The topological polar surface area (TPSA) is 30.7 Å². The van der Waals surface area contributed by atoms with Gasteiger partial charge in [0, 0.05) is 7.05 Å². The van der Waals surface area contributed by atoms with Crippen molar-refractivity contribution in [1.82, 2.24) is 15.0 Å². The van der Waals surface area contributed by atoms with Crippen LogP contribution < -0.4 is 0 Å². The predicted molar refractivity (Wildman–Crippen MR) is 18.7 cm³/mol. The van der Waals surface area contributed by atoms with E-state index in [4.69, 9.17) is 0 Å². The molecule has 0 spiro atoms. The summed E-state index contributed by atoms with van der Waals surface area (Å²) < 4.78 is 1.46. The average Bonchev–Trinajstić information content (AvgIpc) is 1.86. The lowest BCUT2D eigenvalue weighted by Gasteiger charge is -1.70. The molecule has 0 aliphatic carbocycles. The molecule has 1 aromatic heterocycles. The maximum absolute atomic E-state index is 3.47. The van der Waals surface area contributed by atoms with E-state index in [1.165, 1.54) is 4.68 Å². The van der Waals surface area contributed by atoms with Crippen LogP contribution in [0.5, 0.6) is 0 Å². The number of nitrogens with zero attached hydrogens (tertiary/aromatic N) is 3. The van der Waals surface area contributed by atoms with Gasteiger partial charge in [-0.3, -0.25) is 0 Å². The number of aryl methyl sites for hydroxylation is 1. The van der Waals surface area contributed by atoms with Crippen LogP contribution in [-0.4, -0.2) is 15.0 Å². The molecular formula is C3H3N3. The van der Waals surface area contributed by atoms with Crippen molar-refractivity contribution < 1.29 is 0 Å². The van der Waals surface area contributed by atoms with Crippen molar-refractivity contribution in [3.05, 3.63) is 12.4 Å². The molecule has 1 heterocycles. The molecule has 0 aromatic carbocycles. The van der Waals surface area contributed by atoms with Gasteiger partial charge in [0.1, 0.15) is 0 Å². The van der Waals surface area contributed by atoms with Crippen LogP contribution in [0, 0.1) is 12.4 Å². The Balaban J connectivity index is 3.05. The molecule has 0 bridgehead atoms. The van der Waals surface area contributed by atoms with Gasteiger partial charge in [-0.05, 0) is 5.21 Å². The minimum absolute atomic E-state index is 1.46. The fraction of sp³-hybridized carbons (Fsp3) is 0.333. The maximum Gasteiger partial charge on any atom is 0.0845 e. The van der Waals surface area contributed by atoms with Gasteiger partial charge < -0.3 is 0 Å². The Kier molecular flexibility index (Phi) is 0.515. The third-order valence-corrected chi connectivity index (χ3v) is 0.441. The Morgan fingerprint density at radius 2 is 2.50 bits per heavy atom. The lowest BCUT2D eigenvalue weighted by molar-refractivity contribution is 0.706. The van der Waals surface area contributed by atoms with Crippen LogP contribution in [0.15, 0.2) is 0 Å². The molecule has 0 saturated heterocycles. The Labute approximate surface area is 35.6 Å². The highest BCUT2D eigenvalue weighted by Crippen LogP contribution is 1.53. The third-order valence-electron chi connectivity index (χ3n) is 0.441. The molecule has 3 heteroatoms. The number of aromatic nitrogens is 3. The van der Waals surface area contributed by atoms with Gasteiger partial charge in [0.15, 0.2) is 0 Å². The summed E-state index contributed by atoms with van der Waals surface area (Å²) in [6.45, 7) is 0. The average molecular weight is 81.1 g/mol. The van der Waals surface area contributed by atoms with Gasteiger partial charge in [-0.1, -0.05) is 5.10 Å². The molecule has 0 aliphatic rings. The van der Waals surface area contributed by atoms with Crippen molar-refractivity contribution in [2.24, 2.45) is 7.05 Å². The van der Waals surface area contributed by atoms with Crippen LogP contribution in [-0.2, 0) is 7.05 Å². The molecule has 1 rings (SSSR count). The standard InChI is InChI=1S/C3H3N3/c1-6-3-2-4-5-6/h1H3. The smallest absolute Gasteiger partial charge is 0.0845 e. The molecule has 3 nitrogen and oxygen atoms in total. The SMILES string of the molecule is Cn1c#cnn1. The normalized spacial score (nSPS) is 7.50. The first-order valence-corrected chi connectivity index (χ1v) is 1.54. The maximum atomic E-state index is 3.47. The monoisotopic (exact) mass is 81.0 g/mol. The zero-order valence-corrected chi connectivity index (χ0v) is 3.34. The lowest BCUT2D eigenvalue weighted by atomic mass is 11.1. The summed E-state index contributed by atoms with van der Waals surface area (Å²) in [6.07, 6.45) is 4.98. The van der Waals surface area contributed by atoms with Crippen molar-refractivity contribution >= 4 is 0 Å². The molecule has 30 valence electrons. The lowest BCUT2D eigenvalue weighted by Crippen LogP contribution is -1.86. The molecule has 0 unspecified atom stereocenters. The molecule has 1 aromatic rings. The van der Waals surface area contributed by atoms with Gasteiger partial charge >= 0.3 is 0 Å². The van der Waals surface area contributed by atoms with Crippen molar-refractivity contribution in [3.8, 4) is 0 Å². The number of rotatable bonds is 0. The van der Waals surface area contributed by atoms with E-state index in [0.29, 0.717) is 0 Å². The molecule has 0 atom stereocenters. The third kappa shape index (κ3) is 0.320. The van der Waals surface area contributed by atoms with Gasteiger partial charge in [0.2, 0.25) is 0 Å². The summed E-state index contributed by atoms with van der Waals surface area (Å²) in [5.41, 5.74) is 0. The summed E-state index contributed by atoms with van der Waals surface area (Å²) in [4.78, 5) is 0. The van der Waals surface area contributed by atoms with Gasteiger partial charge in [-0.2, -0.15) is 0 Å². The number of hydrogen-bond donors (Lipinski definition) is 0. The molecule has 0 N–H and O–H groups in total. The molecule has 6 heavy (non-hydrogen) atoms. The van der Waals surface area contributed by atoms with Crippen LogP contribution in [0.3, 0.4) is 0 Å². The summed E-state index contributed by atoms with van der Waals surface area (Å²) in [7, 11) is 1.74. The molecule has 0 fully saturated rings. The van der Waals surface area contributed by atoms with Gasteiger partial charge in [0.25, 0.3) is 0 Å². The van der Waals surface area contributed by atoms with E-state index in [-0.39, 0.29) is 0 Å². The summed E-state index contributed by atoms with van der Waals surface area (Å²) in [5, 5.41) is 6.83. The second kappa shape index (κ2) is 0.977. The highest BCUT2D eigenvalue weighted by Gasteiger charge is 1.66. The van der Waals surface area contributed by atoms with Crippen molar-refractivity contribution in [2.75, 3.05) is 0 Å². The largest absolute Gasteiger partial charge is 0.205 e. The molecule has 0 radical (unpaired) electrons. The minimum Gasteiger partial charge on any atom is -0.205 e. The molecule has 0 aliphatic heterocycles. The van der Waals surface area contributed by atoms with Crippen molar-refractivity contribution in [1.29, 1.82) is 0 Å².